The van der Waals surface area contributed by atoms with Gasteiger partial charge in [-0.2, -0.15) is 0 Å². The fourth-order valence-corrected chi connectivity index (χ4v) is 3.37. The van der Waals surface area contributed by atoms with Crippen molar-refractivity contribution >= 4 is 0 Å². The van der Waals surface area contributed by atoms with E-state index in [0.29, 0.717) is 6.79 Å². The highest BCUT2D eigenvalue weighted by molar-refractivity contribution is 4.72. The molecule has 0 aromatic heterocycles. The van der Waals surface area contributed by atoms with E-state index in [1.165, 1.54) is 64.2 Å². The topological polar surface area (TPSA) is 36.9 Å². The van der Waals surface area contributed by atoms with Gasteiger partial charge in [-0.25, -0.2) is 0 Å². The van der Waals surface area contributed by atoms with Gasteiger partial charge < -0.3 is 18.9 Å². The van der Waals surface area contributed by atoms with Crippen LogP contribution in [-0.4, -0.2) is 32.9 Å². The zero-order valence-electron chi connectivity index (χ0n) is 21.2. The molecule has 0 aliphatic carbocycles. The van der Waals surface area contributed by atoms with Crippen molar-refractivity contribution in [2.75, 3.05) is 26.6 Å². The molecule has 0 aromatic carbocycles. The van der Waals surface area contributed by atoms with Crippen molar-refractivity contribution in [2.45, 2.75) is 136 Å². The number of rotatable bonds is 26. The van der Waals surface area contributed by atoms with Gasteiger partial charge in [0.25, 0.3) is 0 Å². The normalized spacial score (nSPS) is 11.7. The van der Waals surface area contributed by atoms with Gasteiger partial charge in [-0.05, 0) is 51.0 Å². The Bertz CT molecular complexity index is 332. The maximum Gasteiger partial charge on any atom is 0.188 e. The fourth-order valence-electron chi connectivity index (χ4n) is 3.37. The molecule has 0 fully saturated rings. The smallest absolute Gasteiger partial charge is 0.188 e. The summed E-state index contributed by atoms with van der Waals surface area (Å²) >= 11 is 0. The molecule has 31 heavy (non-hydrogen) atoms. The van der Waals surface area contributed by atoms with Gasteiger partial charge in [0.2, 0.25) is 0 Å². The van der Waals surface area contributed by atoms with E-state index < -0.39 is 0 Å². The molecule has 0 rings (SSSR count). The van der Waals surface area contributed by atoms with Crippen LogP contribution in [0.15, 0.2) is 12.3 Å². The number of allylic oxidation sites excluding steroid dienone is 1. The maximum absolute atomic E-state index is 6.03. The van der Waals surface area contributed by atoms with Crippen LogP contribution in [0.3, 0.4) is 0 Å². The highest BCUT2D eigenvalue weighted by Gasteiger charge is 2.09. The number of ether oxygens (including phenoxy) is 4. The molecule has 4 heteroatoms. The zero-order valence-corrected chi connectivity index (χ0v) is 21.2. The van der Waals surface area contributed by atoms with Crippen LogP contribution in [0.2, 0.25) is 0 Å². The lowest BCUT2D eigenvalue weighted by Gasteiger charge is -2.18. The lowest BCUT2D eigenvalue weighted by atomic mass is 10.2. The first-order valence-corrected chi connectivity index (χ1v) is 13.4. The quantitative estimate of drug-likeness (QED) is 0.0764. The molecule has 0 saturated carbocycles. The second-order valence-electron chi connectivity index (χ2n) is 8.56. The van der Waals surface area contributed by atoms with E-state index in [-0.39, 0.29) is 6.29 Å². The average Bonchev–Trinajstić information content (AvgIpc) is 2.78. The summed E-state index contributed by atoms with van der Waals surface area (Å²) in [6, 6.07) is 0. The van der Waals surface area contributed by atoms with Crippen LogP contribution in [0.25, 0.3) is 0 Å². The fraction of sp³-hybridized carbons (Fsp3) is 0.926. The molecule has 0 spiro atoms. The second-order valence-corrected chi connectivity index (χ2v) is 8.56. The molecule has 0 saturated heterocycles. The molecule has 0 unspecified atom stereocenters. The molecule has 186 valence electrons. The monoisotopic (exact) mass is 442 g/mol. The lowest BCUT2D eigenvalue weighted by Crippen LogP contribution is -2.19. The maximum atomic E-state index is 6.03. The molecular weight excluding hydrogens is 388 g/mol. The number of hydrogen-bond acceptors (Lipinski definition) is 4. The summed E-state index contributed by atoms with van der Waals surface area (Å²) in [7, 11) is 0. The summed E-state index contributed by atoms with van der Waals surface area (Å²) in [6.45, 7) is 9.54. The minimum absolute atomic E-state index is 0.0331. The summed E-state index contributed by atoms with van der Waals surface area (Å²) in [5.74, 6) is 0. The Morgan fingerprint density at radius 3 is 1.74 bits per heavy atom. The van der Waals surface area contributed by atoms with Crippen molar-refractivity contribution in [3.63, 3.8) is 0 Å². The molecule has 0 bridgehead atoms. The van der Waals surface area contributed by atoms with Crippen molar-refractivity contribution in [2.24, 2.45) is 0 Å². The molecular formula is C27H54O4. The Hall–Kier alpha value is -0.580. The van der Waals surface area contributed by atoms with Crippen LogP contribution < -0.4 is 0 Å². The van der Waals surface area contributed by atoms with Crippen molar-refractivity contribution in [3.05, 3.63) is 12.3 Å². The SMILES string of the molecule is CCCCCCCOCOC=CCCCCC(OCCCCCC)OCCCCCC. The Balaban J connectivity index is 3.69. The van der Waals surface area contributed by atoms with Crippen molar-refractivity contribution < 1.29 is 18.9 Å². The molecule has 0 amide bonds. The standard InChI is InChI=1S/C27H54O4/c1-4-7-10-14-17-22-28-26-29-23-18-15-13-16-21-27(30-24-19-11-8-5-2)31-25-20-12-9-6-3/h18,23,27H,4-17,19-22,24-26H2,1-3H3. The summed E-state index contributed by atoms with van der Waals surface area (Å²) < 4.78 is 23.0. The number of unbranched alkanes of at least 4 members (excludes halogenated alkanes) is 12. The van der Waals surface area contributed by atoms with Gasteiger partial charge in [0.1, 0.15) is 0 Å². The zero-order chi connectivity index (χ0) is 22.7. The van der Waals surface area contributed by atoms with Gasteiger partial charge in [0, 0.05) is 13.2 Å². The van der Waals surface area contributed by atoms with Crippen LogP contribution in [0.5, 0.6) is 0 Å². The highest BCUT2D eigenvalue weighted by Crippen LogP contribution is 2.12. The Labute approximate surface area is 194 Å². The van der Waals surface area contributed by atoms with Gasteiger partial charge in [-0.15, -0.1) is 0 Å². The van der Waals surface area contributed by atoms with E-state index in [2.05, 4.69) is 26.8 Å². The lowest BCUT2D eigenvalue weighted by molar-refractivity contribution is -0.148. The predicted molar refractivity (Wildman–Crippen MR) is 132 cm³/mol. The third-order valence-electron chi connectivity index (χ3n) is 5.40. The second kappa shape index (κ2) is 27.5. The minimum atomic E-state index is -0.0331. The van der Waals surface area contributed by atoms with E-state index >= 15 is 0 Å². The first kappa shape index (κ1) is 30.4. The third kappa shape index (κ3) is 25.6. The van der Waals surface area contributed by atoms with Gasteiger partial charge >= 0.3 is 0 Å². The Kier molecular flexibility index (Phi) is 26.9. The first-order chi connectivity index (χ1) is 15.3. The van der Waals surface area contributed by atoms with Crippen LogP contribution in [0, 0.1) is 0 Å². The van der Waals surface area contributed by atoms with Gasteiger partial charge in [-0.3, -0.25) is 0 Å². The van der Waals surface area contributed by atoms with Crippen molar-refractivity contribution in [1.29, 1.82) is 0 Å². The van der Waals surface area contributed by atoms with Crippen LogP contribution in [0.4, 0.5) is 0 Å². The minimum Gasteiger partial charge on any atom is -0.475 e. The van der Waals surface area contributed by atoms with Crippen LogP contribution >= 0.6 is 0 Å². The summed E-state index contributed by atoms with van der Waals surface area (Å²) in [5, 5.41) is 0. The largest absolute Gasteiger partial charge is 0.475 e. The summed E-state index contributed by atoms with van der Waals surface area (Å²) in [6.07, 6.45) is 24.3. The van der Waals surface area contributed by atoms with Crippen molar-refractivity contribution in [3.8, 4) is 0 Å². The van der Waals surface area contributed by atoms with E-state index in [9.17, 15) is 0 Å². The van der Waals surface area contributed by atoms with Gasteiger partial charge in [0.05, 0.1) is 12.9 Å². The molecule has 0 radical (unpaired) electrons. The first-order valence-electron chi connectivity index (χ1n) is 13.4. The molecule has 4 nitrogen and oxygen atoms in total. The van der Waals surface area contributed by atoms with Crippen LogP contribution in [-0.2, 0) is 18.9 Å². The predicted octanol–water partition coefficient (Wildman–Crippen LogP) is 8.54. The van der Waals surface area contributed by atoms with E-state index in [0.717, 1.165) is 64.8 Å². The molecule has 0 aliphatic heterocycles. The average molecular weight is 443 g/mol. The molecule has 0 aromatic rings. The van der Waals surface area contributed by atoms with E-state index in [1.807, 2.05) is 0 Å². The van der Waals surface area contributed by atoms with E-state index in [4.69, 9.17) is 18.9 Å². The van der Waals surface area contributed by atoms with Gasteiger partial charge in [-0.1, -0.05) is 85.0 Å². The highest BCUT2D eigenvalue weighted by atomic mass is 16.7. The Morgan fingerprint density at radius 1 is 0.581 bits per heavy atom. The van der Waals surface area contributed by atoms with Crippen molar-refractivity contribution in [1.82, 2.24) is 0 Å². The van der Waals surface area contributed by atoms with E-state index in [1.54, 1.807) is 6.26 Å². The van der Waals surface area contributed by atoms with Crippen LogP contribution in [0.1, 0.15) is 130 Å². The third-order valence-corrected chi connectivity index (χ3v) is 5.40. The molecule has 0 N–H and O–H groups in total. The molecule has 0 aliphatic rings. The molecule has 0 atom stereocenters. The van der Waals surface area contributed by atoms with Gasteiger partial charge in [0.15, 0.2) is 13.1 Å². The summed E-state index contributed by atoms with van der Waals surface area (Å²) in [4.78, 5) is 0. The number of hydrogen-bond donors (Lipinski definition) is 0. The molecule has 0 heterocycles. The summed E-state index contributed by atoms with van der Waals surface area (Å²) in [5.41, 5.74) is 0. The Morgan fingerprint density at radius 2 is 1.13 bits per heavy atom.